The van der Waals surface area contributed by atoms with Gasteiger partial charge in [-0.25, -0.2) is 0 Å². The van der Waals surface area contributed by atoms with Crippen LogP contribution in [0.1, 0.15) is 30.0 Å². The minimum atomic E-state index is -0.483. The van der Waals surface area contributed by atoms with Gasteiger partial charge in [0, 0.05) is 13.6 Å². The Morgan fingerprint density at radius 3 is 2.40 bits per heavy atom. The van der Waals surface area contributed by atoms with Crippen LogP contribution in [0.15, 0.2) is 42.5 Å². The minimum Gasteiger partial charge on any atom is -0.497 e. The summed E-state index contributed by atoms with van der Waals surface area (Å²) in [5, 5.41) is 0. The fourth-order valence-corrected chi connectivity index (χ4v) is 2.64. The summed E-state index contributed by atoms with van der Waals surface area (Å²) in [5.41, 5.74) is 3.29. The second-order valence-corrected chi connectivity index (χ2v) is 6.26. The van der Waals surface area contributed by atoms with Crippen molar-refractivity contribution in [2.45, 2.75) is 39.8 Å². The Bertz CT molecular complexity index is 710. The fourth-order valence-electron chi connectivity index (χ4n) is 2.64. The molecule has 1 amide bonds. The second-order valence-electron chi connectivity index (χ2n) is 6.26. The van der Waals surface area contributed by atoms with Gasteiger partial charge in [-0.15, -0.1) is 0 Å². The number of carbonyl (C=O) groups is 1. The summed E-state index contributed by atoms with van der Waals surface area (Å²) in [6.45, 7) is 6.56. The van der Waals surface area contributed by atoms with E-state index >= 15 is 0 Å². The number of nitrogens with zero attached hydrogens (tertiary/aromatic N) is 1. The first-order chi connectivity index (χ1) is 12.0. The molecule has 0 fully saturated rings. The molecule has 2 aromatic carbocycles. The largest absolute Gasteiger partial charge is 0.497 e. The highest BCUT2D eigenvalue weighted by Crippen LogP contribution is 2.23. The van der Waals surface area contributed by atoms with E-state index in [0.717, 1.165) is 28.2 Å². The molecule has 2 aromatic rings. The molecule has 4 heteroatoms. The van der Waals surface area contributed by atoms with Crippen LogP contribution in [0.4, 0.5) is 0 Å². The molecule has 0 unspecified atom stereocenters. The lowest BCUT2D eigenvalue weighted by Gasteiger charge is -2.25. The SMILES string of the molecule is CC[C@@H](Oc1cccc(C)c1C)C(=O)N(C)Cc1ccc(OC)cc1. The van der Waals surface area contributed by atoms with Gasteiger partial charge in [0.2, 0.25) is 0 Å². The molecule has 0 heterocycles. The quantitative estimate of drug-likeness (QED) is 0.760. The van der Waals surface area contributed by atoms with Crippen LogP contribution in [0.3, 0.4) is 0 Å². The first-order valence-corrected chi connectivity index (χ1v) is 8.57. The third-order valence-corrected chi connectivity index (χ3v) is 4.43. The van der Waals surface area contributed by atoms with E-state index in [9.17, 15) is 4.79 Å². The third-order valence-electron chi connectivity index (χ3n) is 4.43. The molecule has 0 aliphatic carbocycles. The number of ether oxygens (including phenoxy) is 2. The Hall–Kier alpha value is -2.49. The highest BCUT2D eigenvalue weighted by molar-refractivity contribution is 5.81. The zero-order chi connectivity index (χ0) is 18.4. The van der Waals surface area contributed by atoms with Gasteiger partial charge in [-0.2, -0.15) is 0 Å². The standard InChI is InChI=1S/C21H27NO3/c1-6-19(25-20-9-7-8-15(2)16(20)3)21(23)22(4)14-17-10-12-18(24-5)13-11-17/h7-13,19H,6,14H2,1-5H3/t19-/m1/s1. The number of benzene rings is 2. The van der Waals surface area contributed by atoms with E-state index in [4.69, 9.17) is 9.47 Å². The van der Waals surface area contributed by atoms with Gasteiger partial charge in [0.1, 0.15) is 11.5 Å². The van der Waals surface area contributed by atoms with Crippen LogP contribution in [-0.2, 0) is 11.3 Å². The Balaban J connectivity index is 2.05. The lowest BCUT2D eigenvalue weighted by atomic mass is 10.1. The van der Waals surface area contributed by atoms with Crippen molar-refractivity contribution in [2.75, 3.05) is 14.2 Å². The molecular formula is C21H27NO3. The zero-order valence-electron chi connectivity index (χ0n) is 15.7. The van der Waals surface area contributed by atoms with E-state index in [1.165, 1.54) is 0 Å². The Labute approximate surface area is 150 Å². The molecule has 0 spiro atoms. The van der Waals surface area contributed by atoms with Crippen LogP contribution < -0.4 is 9.47 Å². The summed E-state index contributed by atoms with van der Waals surface area (Å²) in [5.74, 6) is 1.57. The number of amides is 1. The topological polar surface area (TPSA) is 38.8 Å². The molecule has 0 radical (unpaired) electrons. The number of hydrogen-bond donors (Lipinski definition) is 0. The highest BCUT2D eigenvalue weighted by atomic mass is 16.5. The summed E-state index contributed by atoms with van der Waals surface area (Å²) in [7, 11) is 3.45. The molecule has 0 bridgehead atoms. The van der Waals surface area contributed by atoms with Gasteiger partial charge < -0.3 is 14.4 Å². The van der Waals surface area contributed by atoms with Crippen LogP contribution >= 0.6 is 0 Å². The summed E-state index contributed by atoms with van der Waals surface area (Å²) >= 11 is 0. The number of carbonyl (C=O) groups excluding carboxylic acids is 1. The number of likely N-dealkylation sites (N-methyl/N-ethyl adjacent to an activating group) is 1. The van der Waals surface area contributed by atoms with E-state index < -0.39 is 6.10 Å². The lowest BCUT2D eigenvalue weighted by Crippen LogP contribution is -2.39. The normalized spacial score (nSPS) is 11.7. The molecule has 0 aromatic heterocycles. The van der Waals surface area contributed by atoms with Crippen molar-refractivity contribution in [2.24, 2.45) is 0 Å². The van der Waals surface area contributed by atoms with E-state index in [1.807, 2.05) is 70.3 Å². The molecule has 2 rings (SSSR count). The number of rotatable bonds is 7. The Kier molecular flexibility index (Phi) is 6.45. The first-order valence-electron chi connectivity index (χ1n) is 8.57. The molecule has 0 N–H and O–H groups in total. The summed E-state index contributed by atoms with van der Waals surface area (Å²) in [4.78, 5) is 14.5. The number of aryl methyl sites for hydroxylation is 1. The average Bonchev–Trinajstić information content (AvgIpc) is 2.63. The van der Waals surface area contributed by atoms with Gasteiger partial charge in [0.15, 0.2) is 6.10 Å². The van der Waals surface area contributed by atoms with Crippen LogP contribution in [-0.4, -0.2) is 31.1 Å². The van der Waals surface area contributed by atoms with E-state index in [-0.39, 0.29) is 5.91 Å². The maximum Gasteiger partial charge on any atom is 0.263 e. The minimum absolute atomic E-state index is 0.0146. The van der Waals surface area contributed by atoms with Crippen LogP contribution in [0, 0.1) is 13.8 Å². The van der Waals surface area contributed by atoms with Gasteiger partial charge in [-0.05, 0) is 55.2 Å². The van der Waals surface area contributed by atoms with Crippen molar-refractivity contribution in [3.05, 3.63) is 59.2 Å². The molecule has 1 atom stereocenters. The van der Waals surface area contributed by atoms with Crippen LogP contribution in [0.2, 0.25) is 0 Å². The maximum absolute atomic E-state index is 12.8. The van der Waals surface area contributed by atoms with E-state index in [0.29, 0.717) is 13.0 Å². The smallest absolute Gasteiger partial charge is 0.263 e. The Morgan fingerprint density at radius 2 is 1.80 bits per heavy atom. The van der Waals surface area contributed by atoms with Crippen molar-refractivity contribution in [3.8, 4) is 11.5 Å². The summed E-state index contributed by atoms with van der Waals surface area (Å²) in [6, 6.07) is 13.7. The molecular weight excluding hydrogens is 314 g/mol. The highest BCUT2D eigenvalue weighted by Gasteiger charge is 2.23. The number of methoxy groups -OCH3 is 1. The van der Waals surface area contributed by atoms with Crippen molar-refractivity contribution in [1.82, 2.24) is 4.90 Å². The van der Waals surface area contributed by atoms with Gasteiger partial charge >= 0.3 is 0 Å². The summed E-state index contributed by atoms with van der Waals surface area (Å²) in [6.07, 6.45) is 0.142. The van der Waals surface area contributed by atoms with Crippen molar-refractivity contribution >= 4 is 5.91 Å². The zero-order valence-corrected chi connectivity index (χ0v) is 15.7. The van der Waals surface area contributed by atoms with E-state index in [2.05, 4.69) is 0 Å². The van der Waals surface area contributed by atoms with E-state index in [1.54, 1.807) is 12.0 Å². The Morgan fingerprint density at radius 1 is 1.12 bits per heavy atom. The van der Waals surface area contributed by atoms with Crippen molar-refractivity contribution in [1.29, 1.82) is 0 Å². The van der Waals surface area contributed by atoms with Crippen LogP contribution in [0.5, 0.6) is 11.5 Å². The van der Waals surface area contributed by atoms with Crippen molar-refractivity contribution in [3.63, 3.8) is 0 Å². The van der Waals surface area contributed by atoms with Crippen LogP contribution in [0.25, 0.3) is 0 Å². The third kappa shape index (κ3) is 4.75. The second kappa shape index (κ2) is 8.56. The van der Waals surface area contributed by atoms with Gasteiger partial charge in [-0.1, -0.05) is 31.2 Å². The predicted molar refractivity (Wildman–Crippen MR) is 100 cm³/mol. The predicted octanol–water partition coefficient (Wildman–Crippen LogP) is 4.13. The maximum atomic E-state index is 12.8. The molecule has 0 saturated heterocycles. The first kappa shape index (κ1) is 18.8. The molecule has 25 heavy (non-hydrogen) atoms. The molecule has 0 saturated carbocycles. The van der Waals surface area contributed by atoms with Gasteiger partial charge in [0.25, 0.3) is 5.91 Å². The molecule has 0 aliphatic heterocycles. The monoisotopic (exact) mass is 341 g/mol. The average molecular weight is 341 g/mol. The van der Waals surface area contributed by atoms with Gasteiger partial charge in [-0.3, -0.25) is 4.79 Å². The molecule has 0 aliphatic rings. The van der Waals surface area contributed by atoms with Gasteiger partial charge in [0.05, 0.1) is 7.11 Å². The number of hydrogen-bond acceptors (Lipinski definition) is 3. The fraction of sp³-hybridized carbons (Fsp3) is 0.381. The molecule has 134 valence electrons. The summed E-state index contributed by atoms with van der Waals surface area (Å²) < 4.78 is 11.2. The molecule has 4 nitrogen and oxygen atoms in total. The lowest BCUT2D eigenvalue weighted by molar-refractivity contribution is -0.138. The van der Waals surface area contributed by atoms with Crippen molar-refractivity contribution < 1.29 is 14.3 Å².